The number of carbonyl (C=O) groups is 4. The number of nitrogens with one attached hydrogen (secondary N) is 1. The van der Waals surface area contributed by atoms with E-state index in [2.05, 4.69) is 194 Å². The van der Waals surface area contributed by atoms with Gasteiger partial charge in [-0.3, -0.25) is 24.2 Å². The van der Waals surface area contributed by atoms with Crippen molar-refractivity contribution in [1.82, 2.24) is 55.0 Å². The predicted molar refractivity (Wildman–Crippen MR) is 444 cm³/mol. The fourth-order valence-corrected chi connectivity index (χ4v) is 14.7. The average molecular weight is 1690 g/mol. The second kappa shape index (κ2) is 45.3. The standard InChI is InChI=1S/2C21H36N4O6S.2C17H32N4O3S/c1-15(26)29-14-17(27)31-16(12-25(20(2,3)4)21(5,6)7)13-30-19-18(22-32-23-19)24-8-10-28-11-9-24;1-15(26)29-14-17(27)25(20(2,3)4)12-16(31-21(5,6)7)13-30-19-18(22-32-23-19)24-8-10-28-11-9-24;1-16(2,3)21(17(4,5)6)11-13(22)12-24-15-14(18-25-19-15)20-7-9-23-10-8-20;1-16(2,3)18-11-13(24-17(4,5)6)12-23-15-14(19-25-20-15)21-7-9-22-10-8-21/h2*16H,8-14H2,1-7H3;13,22H,7-12H2,1-6H3;13,18H,7-12H2,1-6H3/t2*16-;2*13-/m0000/s1. The minimum Gasteiger partial charge on any atom is -0.472 e. The quantitative estimate of drug-likeness (QED) is 0.0351. The number of amides is 1. The number of aliphatic hydroxyl groups excluding tert-OH is 1. The molecule has 652 valence electrons. The van der Waals surface area contributed by atoms with Crippen LogP contribution >= 0.6 is 46.9 Å². The zero-order chi connectivity index (χ0) is 85.0. The molecule has 0 aromatic carbocycles. The van der Waals surface area contributed by atoms with Crippen LogP contribution < -0.4 is 43.9 Å². The Balaban J connectivity index is 0.000000273. The molecule has 0 unspecified atom stereocenters. The molecule has 1 amide bonds. The zero-order valence-corrected chi connectivity index (χ0v) is 76.2. The topological polar surface area (TPSA) is 346 Å². The Morgan fingerprint density at radius 1 is 0.412 bits per heavy atom. The summed E-state index contributed by atoms with van der Waals surface area (Å²) in [5, 5.41) is 14.0. The van der Waals surface area contributed by atoms with Gasteiger partial charge in [0, 0.05) is 119 Å². The van der Waals surface area contributed by atoms with Gasteiger partial charge in [-0.1, -0.05) is 0 Å². The number of rotatable bonds is 31. The highest BCUT2D eigenvalue weighted by Crippen LogP contribution is 2.33. The number of nitrogens with zero attached hydrogens (tertiary/aromatic N) is 15. The van der Waals surface area contributed by atoms with Gasteiger partial charge >= 0.3 is 17.9 Å². The van der Waals surface area contributed by atoms with Gasteiger partial charge in [0.25, 0.3) is 29.4 Å². The van der Waals surface area contributed by atoms with Gasteiger partial charge < -0.3 is 96.5 Å². The highest BCUT2D eigenvalue weighted by molar-refractivity contribution is 7.00. The first-order valence-electron chi connectivity index (χ1n) is 39.2. The minimum atomic E-state index is -0.624. The molecule has 38 heteroatoms. The Labute approximate surface area is 694 Å². The van der Waals surface area contributed by atoms with E-state index in [1.54, 1.807) is 4.90 Å². The lowest BCUT2D eigenvalue weighted by Crippen LogP contribution is -2.56. The fraction of sp³-hybridized carbons (Fsp3) is 0.842. The largest absolute Gasteiger partial charge is 0.472 e. The number of anilines is 4. The fourth-order valence-electron chi connectivity index (χ4n) is 12.6. The van der Waals surface area contributed by atoms with Crippen molar-refractivity contribution in [2.45, 2.75) is 249 Å². The zero-order valence-electron chi connectivity index (χ0n) is 72.9. The van der Waals surface area contributed by atoms with Crippen LogP contribution in [0.2, 0.25) is 0 Å². The van der Waals surface area contributed by atoms with Crippen molar-refractivity contribution in [2.75, 3.05) is 191 Å². The summed E-state index contributed by atoms with van der Waals surface area (Å²) >= 11 is 4.48. The van der Waals surface area contributed by atoms with E-state index in [0.717, 1.165) is 86.1 Å². The minimum absolute atomic E-state index is 0.0284. The number of β-amino-alcohol motifs (C(OH)–C–C–N with tert-alkyl or cyclic N) is 1. The number of carbonyl (C=O) groups excluding carboxylic acids is 4. The molecule has 0 bridgehead atoms. The van der Waals surface area contributed by atoms with E-state index in [0.29, 0.717) is 127 Å². The van der Waals surface area contributed by atoms with E-state index >= 15 is 0 Å². The molecule has 0 saturated carbocycles. The van der Waals surface area contributed by atoms with Gasteiger partial charge in [0.2, 0.25) is 23.3 Å². The van der Waals surface area contributed by atoms with Crippen LogP contribution in [0, 0.1) is 0 Å². The number of hydrogen-bond acceptors (Lipinski definition) is 37. The number of aliphatic hydroxyl groups is 1. The normalized spacial score (nSPS) is 16.7. The Hall–Kier alpha value is -5.88. The Bertz CT molecular complexity index is 3410. The highest BCUT2D eigenvalue weighted by atomic mass is 32.1. The van der Waals surface area contributed by atoms with Gasteiger partial charge in [0.05, 0.1) is 118 Å². The van der Waals surface area contributed by atoms with Gasteiger partial charge in [-0.05, 0) is 166 Å². The molecular weight excluding hydrogens is 1550 g/mol. The first-order valence-corrected chi connectivity index (χ1v) is 42.1. The van der Waals surface area contributed by atoms with E-state index in [4.69, 9.17) is 61.6 Å². The smallest absolute Gasteiger partial charge is 0.344 e. The van der Waals surface area contributed by atoms with Gasteiger partial charge in [-0.15, -0.1) is 17.5 Å². The van der Waals surface area contributed by atoms with Crippen molar-refractivity contribution < 1.29 is 85.9 Å². The van der Waals surface area contributed by atoms with Crippen LogP contribution in [0.3, 0.4) is 0 Å². The molecular formula is C76H136N16O18S4. The number of ether oxygens (including phenoxy) is 13. The lowest BCUT2D eigenvalue weighted by Gasteiger charge is -2.46. The molecule has 4 aliphatic heterocycles. The lowest BCUT2D eigenvalue weighted by atomic mass is 9.95. The predicted octanol–water partition coefficient (Wildman–Crippen LogP) is 8.59. The van der Waals surface area contributed by atoms with Crippen molar-refractivity contribution >= 4 is 94.0 Å². The number of hydrogen-bond donors (Lipinski definition) is 2. The van der Waals surface area contributed by atoms with E-state index < -0.39 is 54.0 Å². The molecule has 34 nitrogen and oxygen atoms in total. The van der Waals surface area contributed by atoms with Crippen LogP contribution in [0.25, 0.3) is 0 Å². The van der Waals surface area contributed by atoms with Gasteiger partial charge in [-0.25, -0.2) is 4.79 Å². The SMILES string of the molecule is CC(=O)OCC(=O)N(C[C@@H](COc1nsnc1N1CCOCC1)OC(C)(C)C)C(C)(C)C.CC(=O)OCC(=O)O[C@H](COc1nsnc1N1CCOCC1)CN(C(C)(C)C)C(C)(C)C.CC(C)(C)N(C[C@H](O)COc1nsnc1N1CCOCC1)C(C)(C)C.CC(C)(C)NC[C@@H](COc1nsnc1N1CCOCC1)OC(C)(C)C. The van der Waals surface area contributed by atoms with E-state index in [1.807, 2.05) is 41.5 Å². The molecule has 4 saturated heterocycles. The summed E-state index contributed by atoms with van der Waals surface area (Å²) in [7, 11) is 0. The van der Waals surface area contributed by atoms with E-state index in [1.165, 1.54) is 25.6 Å². The molecule has 8 rings (SSSR count). The summed E-state index contributed by atoms with van der Waals surface area (Å²) in [6.07, 6.45) is -1.71. The maximum absolute atomic E-state index is 12.8. The van der Waals surface area contributed by atoms with Crippen LogP contribution in [0.15, 0.2) is 0 Å². The third-order valence-corrected chi connectivity index (χ3v) is 19.2. The molecule has 4 aromatic rings. The summed E-state index contributed by atoms with van der Waals surface area (Å²) in [6.45, 7) is 65.9. The molecule has 0 spiro atoms. The van der Waals surface area contributed by atoms with Gasteiger partial charge in [0.1, 0.15) is 50.8 Å². The summed E-state index contributed by atoms with van der Waals surface area (Å²) in [5.41, 5.74) is -1.61. The maximum atomic E-state index is 12.8. The number of esters is 3. The molecule has 4 aliphatic rings. The van der Waals surface area contributed by atoms with Crippen molar-refractivity contribution in [3.8, 4) is 23.5 Å². The molecule has 114 heavy (non-hydrogen) atoms. The number of morpholine rings is 4. The maximum Gasteiger partial charge on any atom is 0.344 e. The van der Waals surface area contributed by atoms with Gasteiger partial charge in [-0.2, -0.15) is 17.5 Å². The van der Waals surface area contributed by atoms with Crippen LogP contribution in [0.4, 0.5) is 23.3 Å². The first-order chi connectivity index (χ1) is 53.0. The monoisotopic (exact) mass is 1690 g/mol. The molecule has 0 aliphatic carbocycles. The summed E-state index contributed by atoms with van der Waals surface area (Å²) in [4.78, 5) is 61.9. The molecule has 4 aromatic heterocycles. The van der Waals surface area contributed by atoms with E-state index in [9.17, 15) is 24.3 Å². The lowest BCUT2D eigenvalue weighted by molar-refractivity contribution is -0.164. The third kappa shape index (κ3) is 37.0. The molecule has 4 atom stereocenters. The Kier molecular flexibility index (Phi) is 39.2. The molecule has 4 fully saturated rings. The Morgan fingerprint density at radius 3 is 1.04 bits per heavy atom. The Morgan fingerprint density at radius 2 is 0.719 bits per heavy atom. The van der Waals surface area contributed by atoms with Crippen LogP contribution in [-0.2, 0) is 61.8 Å². The highest BCUT2D eigenvalue weighted by Gasteiger charge is 2.38. The number of aromatic nitrogens is 8. The summed E-state index contributed by atoms with van der Waals surface area (Å²) in [6, 6.07) is 0. The van der Waals surface area contributed by atoms with Gasteiger partial charge in [0.15, 0.2) is 13.2 Å². The summed E-state index contributed by atoms with van der Waals surface area (Å²) in [5.74, 6) is 2.95. The van der Waals surface area contributed by atoms with Crippen molar-refractivity contribution in [3.05, 3.63) is 0 Å². The molecule has 0 radical (unpaired) electrons. The van der Waals surface area contributed by atoms with Crippen molar-refractivity contribution in [2.24, 2.45) is 0 Å². The molecule has 2 N–H and O–H groups in total. The van der Waals surface area contributed by atoms with Crippen LogP contribution in [-0.4, -0.2) is 318 Å². The van der Waals surface area contributed by atoms with Crippen molar-refractivity contribution in [3.63, 3.8) is 0 Å². The second-order valence-corrected chi connectivity index (χ2v) is 38.1. The first kappa shape index (κ1) is 98.7. The molecule has 8 heterocycles. The summed E-state index contributed by atoms with van der Waals surface area (Å²) < 4.78 is 108. The van der Waals surface area contributed by atoms with Crippen LogP contribution in [0.1, 0.15) is 180 Å². The second-order valence-electron chi connectivity index (χ2n) is 36.0. The third-order valence-electron chi connectivity index (χ3n) is 17.1. The van der Waals surface area contributed by atoms with Crippen LogP contribution in [0.5, 0.6) is 23.5 Å². The average Bonchev–Trinajstić information content (AvgIpc) is 1.03. The van der Waals surface area contributed by atoms with Crippen molar-refractivity contribution in [1.29, 1.82) is 0 Å². The van der Waals surface area contributed by atoms with E-state index in [-0.39, 0.29) is 78.3 Å².